The van der Waals surface area contributed by atoms with Crippen LogP contribution in [0.25, 0.3) is 0 Å². The third-order valence-corrected chi connectivity index (χ3v) is 2.61. The van der Waals surface area contributed by atoms with Gasteiger partial charge in [0, 0.05) is 19.2 Å². The molecule has 4 heteroatoms. The Kier molecular flexibility index (Phi) is 4.02. The van der Waals surface area contributed by atoms with E-state index in [1.165, 1.54) is 6.42 Å². The second-order valence-electron chi connectivity index (χ2n) is 3.55. The predicted molar refractivity (Wildman–Crippen MR) is 50.2 cm³/mol. The summed E-state index contributed by atoms with van der Waals surface area (Å²) in [4.78, 5) is 12.7. The van der Waals surface area contributed by atoms with E-state index in [9.17, 15) is 4.79 Å². The summed E-state index contributed by atoms with van der Waals surface area (Å²) >= 11 is 0. The molecule has 0 bridgehead atoms. The summed E-state index contributed by atoms with van der Waals surface area (Å²) in [6, 6.07) is -0.0546. The lowest BCUT2D eigenvalue weighted by molar-refractivity contribution is 0.147. The van der Waals surface area contributed by atoms with Gasteiger partial charge in [-0.05, 0) is 32.1 Å². The lowest BCUT2D eigenvalue weighted by Crippen LogP contribution is -2.46. The first-order valence-corrected chi connectivity index (χ1v) is 4.92. The lowest BCUT2D eigenvalue weighted by atomic mass is 9.98. The van der Waals surface area contributed by atoms with E-state index in [0.717, 1.165) is 32.2 Å². The monoisotopic (exact) mass is 186 g/mol. The number of aliphatic hydroxyl groups is 1. The van der Waals surface area contributed by atoms with E-state index in [2.05, 4.69) is 0 Å². The fraction of sp³-hybridized carbons (Fsp3) is 0.889. The average molecular weight is 186 g/mol. The maximum absolute atomic E-state index is 11.0. The minimum Gasteiger partial charge on any atom is -0.396 e. The SMILES string of the molecule is NC(=O)N1CCCCC1CCCO. The fourth-order valence-corrected chi connectivity index (χ4v) is 1.92. The number of carbonyl (C=O) groups is 1. The minimum atomic E-state index is -0.317. The van der Waals surface area contributed by atoms with Gasteiger partial charge in [-0.15, -0.1) is 0 Å². The molecule has 1 aliphatic rings. The molecule has 1 fully saturated rings. The highest BCUT2D eigenvalue weighted by atomic mass is 16.3. The topological polar surface area (TPSA) is 66.6 Å². The van der Waals surface area contributed by atoms with Crippen LogP contribution in [-0.2, 0) is 0 Å². The standard InChI is InChI=1S/C9H18N2O2/c10-9(13)11-6-2-1-4-8(11)5-3-7-12/h8,12H,1-7H2,(H2,10,13). The molecular formula is C9H18N2O2. The third-order valence-electron chi connectivity index (χ3n) is 2.61. The smallest absolute Gasteiger partial charge is 0.315 e. The first-order valence-electron chi connectivity index (χ1n) is 4.92. The van der Waals surface area contributed by atoms with Crippen LogP contribution in [0.15, 0.2) is 0 Å². The van der Waals surface area contributed by atoms with E-state index in [1.807, 2.05) is 0 Å². The largest absolute Gasteiger partial charge is 0.396 e. The highest BCUT2D eigenvalue weighted by Gasteiger charge is 2.23. The molecule has 3 N–H and O–H groups in total. The van der Waals surface area contributed by atoms with Crippen LogP contribution in [0.1, 0.15) is 32.1 Å². The second kappa shape index (κ2) is 5.07. The van der Waals surface area contributed by atoms with Crippen LogP contribution in [0, 0.1) is 0 Å². The Morgan fingerprint density at radius 1 is 1.54 bits per heavy atom. The van der Waals surface area contributed by atoms with Crippen molar-refractivity contribution < 1.29 is 9.90 Å². The molecule has 1 unspecified atom stereocenters. The van der Waals surface area contributed by atoms with Gasteiger partial charge in [-0.2, -0.15) is 0 Å². The minimum absolute atomic E-state index is 0.198. The zero-order valence-electron chi connectivity index (χ0n) is 7.91. The molecule has 1 atom stereocenters. The Labute approximate surface area is 78.7 Å². The molecule has 2 amide bonds. The zero-order chi connectivity index (χ0) is 9.68. The van der Waals surface area contributed by atoms with E-state index in [-0.39, 0.29) is 18.7 Å². The van der Waals surface area contributed by atoms with Gasteiger partial charge < -0.3 is 15.7 Å². The van der Waals surface area contributed by atoms with E-state index in [4.69, 9.17) is 10.8 Å². The molecule has 76 valence electrons. The summed E-state index contributed by atoms with van der Waals surface area (Å²) in [5.74, 6) is 0. The summed E-state index contributed by atoms with van der Waals surface area (Å²) < 4.78 is 0. The van der Waals surface area contributed by atoms with Crippen molar-refractivity contribution in [3.05, 3.63) is 0 Å². The lowest BCUT2D eigenvalue weighted by Gasteiger charge is -2.34. The number of nitrogens with two attached hydrogens (primary N) is 1. The Morgan fingerprint density at radius 2 is 2.31 bits per heavy atom. The first kappa shape index (κ1) is 10.3. The first-order chi connectivity index (χ1) is 6.25. The molecular weight excluding hydrogens is 168 g/mol. The number of hydrogen-bond acceptors (Lipinski definition) is 2. The number of aliphatic hydroxyl groups excluding tert-OH is 1. The quantitative estimate of drug-likeness (QED) is 0.681. The van der Waals surface area contributed by atoms with Crippen molar-refractivity contribution in [2.45, 2.75) is 38.1 Å². The number of urea groups is 1. The highest BCUT2D eigenvalue weighted by molar-refractivity contribution is 5.72. The molecule has 0 aromatic rings. The second-order valence-corrected chi connectivity index (χ2v) is 3.55. The van der Waals surface area contributed by atoms with Gasteiger partial charge in [0.2, 0.25) is 0 Å². The van der Waals surface area contributed by atoms with Crippen molar-refractivity contribution in [1.82, 2.24) is 4.90 Å². The summed E-state index contributed by atoms with van der Waals surface area (Å²) in [5.41, 5.74) is 5.25. The number of piperidine rings is 1. The van der Waals surface area contributed by atoms with Gasteiger partial charge in [-0.1, -0.05) is 0 Å². The average Bonchev–Trinajstić information content (AvgIpc) is 2.15. The molecule has 4 nitrogen and oxygen atoms in total. The van der Waals surface area contributed by atoms with Crippen molar-refractivity contribution in [3.63, 3.8) is 0 Å². The molecule has 0 aliphatic carbocycles. The van der Waals surface area contributed by atoms with E-state index in [0.29, 0.717) is 0 Å². The van der Waals surface area contributed by atoms with E-state index in [1.54, 1.807) is 4.90 Å². The van der Waals surface area contributed by atoms with Crippen LogP contribution in [0.4, 0.5) is 4.79 Å². The molecule has 1 aliphatic heterocycles. The molecule has 0 saturated carbocycles. The molecule has 0 aromatic heterocycles. The number of amides is 2. The third kappa shape index (κ3) is 2.88. The van der Waals surface area contributed by atoms with Crippen LogP contribution in [0.2, 0.25) is 0 Å². The summed E-state index contributed by atoms with van der Waals surface area (Å²) in [6.07, 6.45) is 4.88. The normalized spacial score (nSPS) is 23.2. The molecule has 1 saturated heterocycles. The van der Waals surface area contributed by atoms with Crippen LogP contribution in [0.5, 0.6) is 0 Å². The van der Waals surface area contributed by atoms with E-state index < -0.39 is 0 Å². The van der Waals surface area contributed by atoms with Crippen molar-refractivity contribution in [2.24, 2.45) is 5.73 Å². The van der Waals surface area contributed by atoms with E-state index >= 15 is 0 Å². The van der Waals surface area contributed by atoms with Crippen LogP contribution < -0.4 is 5.73 Å². The predicted octanol–water partition coefficient (Wildman–Crippen LogP) is 0.692. The summed E-state index contributed by atoms with van der Waals surface area (Å²) in [5, 5.41) is 8.69. The van der Waals surface area contributed by atoms with Crippen molar-refractivity contribution in [2.75, 3.05) is 13.2 Å². The number of carbonyl (C=O) groups excluding carboxylic acids is 1. The summed E-state index contributed by atoms with van der Waals surface area (Å²) in [7, 11) is 0. The Balaban J connectivity index is 2.41. The van der Waals surface area contributed by atoms with Crippen molar-refractivity contribution >= 4 is 6.03 Å². The molecule has 1 heterocycles. The molecule has 1 rings (SSSR count). The van der Waals surface area contributed by atoms with Gasteiger partial charge in [-0.3, -0.25) is 0 Å². The Morgan fingerprint density at radius 3 is 2.92 bits per heavy atom. The number of nitrogens with zero attached hydrogens (tertiary/aromatic N) is 1. The van der Waals surface area contributed by atoms with Crippen LogP contribution >= 0.6 is 0 Å². The number of likely N-dealkylation sites (tertiary alicyclic amines) is 1. The van der Waals surface area contributed by atoms with Crippen molar-refractivity contribution in [3.8, 4) is 0 Å². The molecule has 0 spiro atoms. The fourth-order valence-electron chi connectivity index (χ4n) is 1.92. The van der Waals surface area contributed by atoms with Gasteiger partial charge in [0.05, 0.1) is 0 Å². The van der Waals surface area contributed by atoms with Gasteiger partial charge in [0.15, 0.2) is 0 Å². The van der Waals surface area contributed by atoms with Crippen LogP contribution in [-0.4, -0.2) is 35.2 Å². The summed E-state index contributed by atoms with van der Waals surface area (Å²) in [6.45, 7) is 0.981. The Hall–Kier alpha value is -0.770. The van der Waals surface area contributed by atoms with Gasteiger partial charge in [0.1, 0.15) is 0 Å². The van der Waals surface area contributed by atoms with Crippen LogP contribution in [0.3, 0.4) is 0 Å². The van der Waals surface area contributed by atoms with Crippen molar-refractivity contribution in [1.29, 1.82) is 0 Å². The number of hydrogen-bond donors (Lipinski definition) is 2. The molecule has 0 aromatic carbocycles. The highest BCUT2D eigenvalue weighted by Crippen LogP contribution is 2.20. The van der Waals surface area contributed by atoms with Gasteiger partial charge in [0.25, 0.3) is 0 Å². The maximum Gasteiger partial charge on any atom is 0.315 e. The maximum atomic E-state index is 11.0. The number of primary amides is 1. The number of rotatable bonds is 3. The zero-order valence-corrected chi connectivity index (χ0v) is 7.91. The molecule has 0 radical (unpaired) electrons. The Bertz CT molecular complexity index is 173. The van der Waals surface area contributed by atoms with Gasteiger partial charge >= 0.3 is 6.03 Å². The van der Waals surface area contributed by atoms with Gasteiger partial charge in [-0.25, -0.2) is 4.79 Å². The molecule has 13 heavy (non-hydrogen) atoms.